The van der Waals surface area contributed by atoms with Crippen molar-refractivity contribution in [2.24, 2.45) is 0 Å². The van der Waals surface area contributed by atoms with Gasteiger partial charge >= 0.3 is 5.97 Å². The Morgan fingerprint density at radius 1 is 0.880 bits per heavy atom. The quantitative estimate of drug-likeness (QED) is 0.714. The molecule has 1 atom stereocenters. The first-order valence-electron chi connectivity index (χ1n) is 7.92. The fourth-order valence-corrected chi connectivity index (χ4v) is 2.56. The summed E-state index contributed by atoms with van der Waals surface area (Å²) in [6, 6.07) is 23.3. The molecule has 0 aliphatic heterocycles. The van der Waals surface area contributed by atoms with Crippen LogP contribution in [0.1, 0.15) is 33.2 Å². The van der Waals surface area contributed by atoms with Crippen LogP contribution in [0.25, 0.3) is 0 Å². The molecule has 3 rings (SSSR count). The minimum atomic E-state index is -0.993. The first kappa shape index (κ1) is 16.7. The van der Waals surface area contributed by atoms with Crippen molar-refractivity contribution >= 4 is 5.97 Å². The molecule has 0 bridgehead atoms. The van der Waals surface area contributed by atoms with Crippen molar-refractivity contribution in [2.75, 3.05) is 0 Å². The summed E-state index contributed by atoms with van der Waals surface area (Å²) in [6.45, 7) is 0.405. The van der Waals surface area contributed by atoms with Gasteiger partial charge in [-0.05, 0) is 29.3 Å². The Balaban J connectivity index is 1.80. The fraction of sp³-hybridized carbons (Fsp3) is 0.0952. The molecule has 3 aromatic rings. The number of carbonyl (C=O) groups is 1. The van der Waals surface area contributed by atoms with Gasteiger partial charge in [-0.2, -0.15) is 0 Å². The van der Waals surface area contributed by atoms with E-state index in [1.54, 1.807) is 18.2 Å². The SMILES string of the molecule is O=C(O)c1ccc(C(O)c2ccccc2OCc2ccccc2)cc1. The number of aliphatic hydroxyl groups excluding tert-OH is 1. The lowest BCUT2D eigenvalue weighted by molar-refractivity contribution is 0.0696. The van der Waals surface area contributed by atoms with Crippen molar-refractivity contribution in [1.29, 1.82) is 0 Å². The van der Waals surface area contributed by atoms with Gasteiger partial charge < -0.3 is 14.9 Å². The first-order chi connectivity index (χ1) is 12.1. The molecule has 0 aliphatic rings. The number of aromatic carboxylic acids is 1. The molecule has 1 unspecified atom stereocenters. The van der Waals surface area contributed by atoms with Crippen LogP contribution in [0.4, 0.5) is 0 Å². The number of carboxylic acids is 1. The van der Waals surface area contributed by atoms with Crippen LogP contribution >= 0.6 is 0 Å². The van der Waals surface area contributed by atoms with Crippen molar-refractivity contribution < 1.29 is 19.7 Å². The number of carboxylic acid groups (broad SMARTS) is 1. The van der Waals surface area contributed by atoms with E-state index in [0.29, 0.717) is 23.5 Å². The highest BCUT2D eigenvalue weighted by Gasteiger charge is 2.16. The second-order valence-electron chi connectivity index (χ2n) is 5.64. The molecule has 2 N–H and O–H groups in total. The third-order valence-corrected chi connectivity index (χ3v) is 3.92. The van der Waals surface area contributed by atoms with Crippen LogP contribution in [0.3, 0.4) is 0 Å². The van der Waals surface area contributed by atoms with Gasteiger partial charge in [0.25, 0.3) is 0 Å². The second kappa shape index (κ2) is 7.64. The van der Waals surface area contributed by atoms with Crippen LogP contribution < -0.4 is 4.74 Å². The molecule has 4 heteroatoms. The van der Waals surface area contributed by atoms with Gasteiger partial charge in [-0.15, -0.1) is 0 Å². The summed E-state index contributed by atoms with van der Waals surface area (Å²) in [4.78, 5) is 10.9. The topological polar surface area (TPSA) is 66.8 Å². The van der Waals surface area contributed by atoms with Crippen molar-refractivity contribution in [2.45, 2.75) is 12.7 Å². The van der Waals surface area contributed by atoms with E-state index in [0.717, 1.165) is 5.56 Å². The number of aliphatic hydroxyl groups is 1. The summed E-state index contributed by atoms with van der Waals surface area (Å²) in [6.07, 6.45) is -0.894. The highest BCUT2D eigenvalue weighted by molar-refractivity contribution is 5.87. The summed E-state index contributed by atoms with van der Waals surface area (Å²) in [5.74, 6) is -0.395. The summed E-state index contributed by atoms with van der Waals surface area (Å²) in [5.41, 5.74) is 2.48. The van der Waals surface area contributed by atoms with Gasteiger partial charge in [-0.3, -0.25) is 0 Å². The van der Waals surface area contributed by atoms with E-state index in [4.69, 9.17) is 9.84 Å². The minimum absolute atomic E-state index is 0.185. The molecule has 0 radical (unpaired) electrons. The molecular weight excluding hydrogens is 316 g/mol. The first-order valence-corrected chi connectivity index (χ1v) is 7.92. The molecule has 0 amide bonds. The average molecular weight is 334 g/mol. The Morgan fingerprint density at radius 2 is 1.52 bits per heavy atom. The molecule has 0 aliphatic carbocycles. The van der Waals surface area contributed by atoms with Crippen LogP contribution in [0, 0.1) is 0 Å². The second-order valence-corrected chi connectivity index (χ2v) is 5.64. The van der Waals surface area contributed by atoms with E-state index in [2.05, 4.69) is 0 Å². The zero-order chi connectivity index (χ0) is 17.6. The zero-order valence-corrected chi connectivity index (χ0v) is 13.5. The molecule has 0 fully saturated rings. The lowest BCUT2D eigenvalue weighted by Crippen LogP contribution is -2.05. The van der Waals surface area contributed by atoms with Gasteiger partial charge in [0.2, 0.25) is 0 Å². The molecular formula is C21H18O4. The predicted molar refractivity (Wildman–Crippen MR) is 94.7 cm³/mol. The average Bonchev–Trinajstić information content (AvgIpc) is 2.67. The summed E-state index contributed by atoms with van der Waals surface area (Å²) in [7, 11) is 0. The standard InChI is InChI=1S/C21H18O4/c22-20(16-10-12-17(13-11-16)21(23)24)18-8-4-5-9-19(18)25-14-15-6-2-1-3-7-15/h1-13,20,22H,14H2,(H,23,24). The van der Waals surface area contributed by atoms with Gasteiger partial charge in [0.05, 0.1) is 5.56 Å². The molecule has 0 spiro atoms. The predicted octanol–water partition coefficient (Wildman–Crippen LogP) is 4.05. The van der Waals surface area contributed by atoms with Crippen LogP contribution in [0.2, 0.25) is 0 Å². The lowest BCUT2D eigenvalue weighted by Gasteiger charge is -2.17. The number of ether oxygens (including phenoxy) is 1. The van der Waals surface area contributed by atoms with E-state index in [-0.39, 0.29) is 5.56 Å². The summed E-state index contributed by atoms with van der Waals surface area (Å²) < 4.78 is 5.87. The third-order valence-electron chi connectivity index (χ3n) is 3.92. The lowest BCUT2D eigenvalue weighted by atomic mass is 9.99. The van der Waals surface area contributed by atoms with Crippen LogP contribution in [-0.2, 0) is 6.61 Å². The zero-order valence-electron chi connectivity index (χ0n) is 13.5. The summed E-state index contributed by atoms with van der Waals surface area (Å²) >= 11 is 0. The number of benzene rings is 3. The molecule has 3 aromatic carbocycles. The monoisotopic (exact) mass is 334 g/mol. The Kier molecular flexibility index (Phi) is 5.11. The Morgan fingerprint density at radius 3 is 2.20 bits per heavy atom. The third kappa shape index (κ3) is 4.05. The number of hydrogen-bond acceptors (Lipinski definition) is 3. The van der Waals surface area contributed by atoms with Crippen molar-refractivity contribution in [3.05, 3.63) is 101 Å². The van der Waals surface area contributed by atoms with Crippen LogP contribution in [0.15, 0.2) is 78.9 Å². The largest absolute Gasteiger partial charge is 0.489 e. The molecule has 126 valence electrons. The maximum atomic E-state index is 10.9. The number of hydrogen-bond donors (Lipinski definition) is 2. The Bertz CT molecular complexity index is 841. The number of rotatable bonds is 6. The van der Waals surface area contributed by atoms with Crippen LogP contribution in [-0.4, -0.2) is 16.2 Å². The normalized spacial score (nSPS) is 11.7. The molecule has 0 saturated heterocycles. The maximum absolute atomic E-state index is 10.9. The van der Waals surface area contributed by atoms with E-state index in [1.165, 1.54) is 12.1 Å². The summed E-state index contributed by atoms with van der Waals surface area (Å²) in [5, 5.41) is 19.6. The molecule has 0 saturated carbocycles. The van der Waals surface area contributed by atoms with Crippen LogP contribution in [0.5, 0.6) is 5.75 Å². The molecule has 0 aromatic heterocycles. The maximum Gasteiger partial charge on any atom is 0.335 e. The smallest absolute Gasteiger partial charge is 0.335 e. The van der Waals surface area contributed by atoms with Gasteiger partial charge in [0, 0.05) is 5.56 Å². The van der Waals surface area contributed by atoms with E-state index in [1.807, 2.05) is 48.5 Å². The number of para-hydroxylation sites is 1. The minimum Gasteiger partial charge on any atom is -0.489 e. The Labute approximate surface area is 146 Å². The highest BCUT2D eigenvalue weighted by Crippen LogP contribution is 2.30. The van der Waals surface area contributed by atoms with Gasteiger partial charge in [-0.1, -0.05) is 60.7 Å². The van der Waals surface area contributed by atoms with Crippen molar-refractivity contribution in [3.63, 3.8) is 0 Å². The van der Waals surface area contributed by atoms with Gasteiger partial charge in [0.1, 0.15) is 18.5 Å². The Hall–Kier alpha value is -3.11. The van der Waals surface area contributed by atoms with Gasteiger partial charge in [0.15, 0.2) is 0 Å². The molecule has 0 heterocycles. The molecule has 25 heavy (non-hydrogen) atoms. The molecule has 4 nitrogen and oxygen atoms in total. The van der Waals surface area contributed by atoms with Crippen molar-refractivity contribution in [3.8, 4) is 5.75 Å². The van der Waals surface area contributed by atoms with E-state index in [9.17, 15) is 9.90 Å². The highest BCUT2D eigenvalue weighted by atomic mass is 16.5. The van der Waals surface area contributed by atoms with Gasteiger partial charge in [-0.25, -0.2) is 4.79 Å². The fourth-order valence-electron chi connectivity index (χ4n) is 2.56. The van der Waals surface area contributed by atoms with E-state index < -0.39 is 12.1 Å². The van der Waals surface area contributed by atoms with Crippen molar-refractivity contribution in [1.82, 2.24) is 0 Å². The van der Waals surface area contributed by atoms with E-state index >= 15 is 0 Å².